The molecule has 0 bridgehead atoms. The average molecular weight is 261 g/mol. The van der Waals surface area contributed by atoms with Crippen LogP contribution in [-0.4, -0.2) is 13.2 Å². The van der Waals surface area contributed by atoms with E-state index in [1.54, 1.807) is 0 Å². The van der Waals surface area contributed by atoms with Crippen LogP contribution in [0.5, 0.6) is 5.75 Å². The van der Waals surface area contributed by atoms with E-state index in [1.807, 2.05) is 7.05 Å². The molecule has 1 aromatic rings. The molecule has 1 saturated carbocycles. The number of hydrogen-bond acceptors (Lipinski definition) is 2. The summed E-state index contributed by atoms with van der Waals surface area (Å²) in [5, 5.41) is 3.23. The number of hydrogen-bond donors (Lipinski definition) is 1. The van der Waals surface area contributed by atoms with Gasteiger partial charge >= 0.3 is 0 Å². The van der Waals surface area contributed by atoms with Gasteiger partial charge in [-0.05, 0) is 44.7 Å². The molecule has 0 aliphatic heterocycles. The van der Waals surface area contributed by atoms with Crippen molar-refractivity contribution in [1.29, 1.82) is 0 Å². The van der Waals surface area contributed by atoms with Crippen molar-refractivity contribution >= 4 is 0 Å². The first-order chi connectivity index (χ1) is 9.24. The molecule has 2 rings (SSSR count). The lowest BCUT2D eigenvalue weighted by Gasteiger charge is -2.30. The van der Waals surface area contributed by atoms with Crippen LogP contribution in [0.25, 0.3) is 0 Å². The molecular formula is C17H27NO. The standard InChI is InChI=1S/C17H27NO/c1-4-14-8-6-10-16(11-14)19-17-13(2)7-5-9-15(17)12-18-3/h5,7,9,14,16,18H,4,6,8,10-12H2,1-3H3. The van der Waals surface area contributed by atoms with Crippen LogP contribution in [0, 0.1) is 12.8 Å². The minimum Gasteiger partial charge on any atom is -0.490 e. The lowest BCUT2D eigenvalue weighted by atomic mass is 9.85. The summed E-state index contributed by atoms with van der Waals surface area (Å²) in [6.45, 7) is 5.32. The van der Waals surface area contributed by atoms with Crippen LogP contribution in [0.15, 0.2) is 18.2 Å². The van der Waals surface area contributed by atoms with E-state index in [0.29, 0.717) is 6.10 Å². The van der Waals surface area contributed by atoms with Crippen LogP contribution in [-0.2, 0) is 6.54 Å². The van der Waals surface area contributed by atoms with Gasteiger partial charge in [0.1, 0.15) is 5.75 Å². The van der Waals surface area contributed by atoms with Crippen LogP contribution in [0.2, 0.25) is 0 Å². The maximum absolute atomic E-state index is 6.36. The highest BCUT2D eigenvalue weighted by molar-refractivity contribution is 5.40. The molecule has 106 valence electrons. The normalized spacial score (nSPS) is 23.3. The molecule has 1 aromatic carbocycles. The van der Waals surface area contributed by atoms with Crippen molar-refractivity contribution in [3.63, 3.8) is 0 Å². The first-order valence-electron chi connectivity index (χ1n) is 7.64. The molecule has 2 heteroatoms. The number of nitrogens with one attached hydrogen (secondary N) is 1. The Labute approximate surface area is 117 Å². The van der Waals surface area contributed by atoms with Crippen molar-refractivity contribution in [3.8, 4) is 5.75 Å². The van der Waals surface area contributed by atoms with Crippen LogP contribution in [0.4, 0.5) is 0 Å². The number of aryl methyl sites for hydroxylation is 1. The van der Waals surface area contributed by atoms with Crippen LogP contribution in [0.3, 0.4) is 0 Å². The topological polar surface area (TPSA) is 21.3 Å². The first-order valence-corrected chi connectivity index (χ1v) is 7.64. The maximum Gasteiger partial charge on any atom is 0.127 e. The largest absolute Gasteiger partial charge is 0.490 e. The predicted octanol–water partition coefficient (Wildman–Crippen LogP) is 4.06. The second-order valence-electron chi connectivity index (χ2n) is 5.77. The second-order valence-corrected chi connectivity index (χ2v) is 5.77. The molecule has 0 amide bonds. The van der Waals surface area contributed by atoms with Crippen LogP contribution >= 0.6 is 0 Å². The maximum atomic E-state index is 6.36. The Kier molecular flexibility index (Phi) is 5.26. The summed E-state index contributed by atoms with van der Waals surface area (Å²) in [4.78, 5) is 0. The molecule has 1 N–H and O–H groups in total. The van der Waals surface area contributed by atoms with Gasteiger partial charge in [-0.2, -0.15) is 0 Å². The zero-order chi connectivity index (χ0) is 13.7. The molecule has 2 atom stereocenters. The molecule has 19 heavy (non-hydrogen) atoms. The van der Waals surface area contributed by atoms with Gasteiger partial charge in [-0.1, -0.05) is 38.0 Å². The van der Waals surface area contributed by atoms with E-state index < -0.39 is 0 Å². The van der Waals surface area contributed by atoms with Gasteiger partial charge in [0.25, 0.3) is 0 Å². The zero-order valence-corrected chi connectivity index (χ0v) is 12.5. The van der Waals surface area contributed by atoms with E-state index in [1.165, 1.54) is 43.2 Å². The Morgan fingerprint density at radius 1 is 1.32 bits per heavy atom. The second kappa shape index (κ2) is 6.95. The minimum absolute atomic E-state index is 0.412. The average Bonchev–Trinajstić information content (AvgIpc) is 2.43. The van der Waals surface area contributed by atoms with Gasteiger partial charge in [-0.3, -0.25) is 0 Å². The summed E-state index contributed by atoms with van der Waals surface area (Å²) in [5.74, 6) is 1.97. The molecule has 1 aliphatic carbocycles. The third-order valence-corrected chi connectivity index (χ3v) is 4.26. The summed E-state index contributed by atoms with van der Waals surface area (Å²) < 4.78 is 6.36. The Bertz CT molecular complexity index is 402. The van der Waals surface area contributed by atoms with E-state index in [9.17, 15) is 0 Å². The fraction of sp³-hybridized carbons (Fsp3) is 0.647. The summed E-state index contributed by atoms with van der Waals surface area (Å²) in [6, 6.07) is 6.43. The number of rotatable bonds is 5. The molecular weight excluding hydrogens is 234 g/mol. The first kappa shape index (κ1) is 14.4. The SMILES string of the molecule is CCC1CCCC(Oc2c(C)cccc2CNC)C1. The number of benzene rings is 1. The summed E-state index contributed by atoms with van der Waals surface area (Å²) in [6.07, 6.45) is 6.84. The Balaban J connectivity index is 2.09. The smallest absolute Gasteiger partial charge is 0.127 e. The summed E-state index contributed by atoms with van der Waals surface area (Å²) >= 11 is 0. The predicted molar refractivity (Wildman–Crippen MR) is 80.6 cm³/mol. The molecule has 2 unspecified atom stereocenters. The molecule has 0 radical (unpaired) electrons. The third-order valence-electron chi connectivity index (χ3n) is 4.26. The van der Waals surface area contributed by atoms with Crippen molar-refractivity contribution in [2.24, 2.45) is 5.92 Å². The fourth-order valence-corrected chi connectivity index (χ4v) is 3.10. The molecule has 0 heterocycles. The van der Waals surface area contributed by atoms with Crippen molar-refractivity contribution in [1.82, 2.24) is 5.32 Å². The molecule has 1 aliphatic rings. The quantitative estimate of drug-likeness (QED) is 0.863. The Morgan fingerprint density at radius 2 is 2.16 bits per heavy atom. The molecule has 0 aromatic heterocycles. The summed E-state index contributed by atoms with van der Waals surface area (Å²) in [5.41, 5.74) is 2.53. The van der Waals surface area contributed by atoms with Crippen molar-refractivity contribution in [2.75, 3.05) is 7.05 Å². The Morgan fingerprint density at radius 3 is 2.89 bits per heavy atom. The molecule has 0 saturated heterocycles. The van der Waals surface area contributed by atoms with E-state index in [4.69, 9.17) is 4.74 Å². The van der Waals surface area contributed by atoms with Gasteiger partial charge in [-0.15, -0.1) is 0 Å². The highest BCUT2D eigenvalue weighted by Gasteiger charge is 2.23. The van der Waals surface area contributed by atoms with Gasteiger partial charge in [0, 0.05) is 12.1 Å². The molecule has 2 nitrogen and oxygen atoms in total. The van der Waals surface area contributed by atoms with E-state index in [-0.39, 0.29) is 0 Å². The van der Waals surface area contributed by atoms with Crippen molar-refractivity contribution in [3.05, 3.63) is 29.3 Å². The zero-order valence-electron chi connectivity index (χ0n) is 12.5. The third kappa shape index (κ3) is 3.73. The minimum atomic E-state index is 0.412. The Hall–Kier alpha value is -1.02. The lowest BCUT2D eigenvalue weighted by molar-refractivity contribution is 0.120. The highest BCUT2D eigenvalue weighted by Crippen LogP contribution is 2.32. The van der Waals surface area contributed by atoms with E-state index in [2.05, 4.69) is 37.4 Å². The van der Waals surface area contributed by atoms with Gasteiger partial charge in [0.05, 0.1) is 6.10 Å². The number of para-hydroxylation sites is 1. The highest BCUT2D eigenvalue weighted by atomic mass is 16.5. The molecule has 1 fully saturated rings. The summed E-state index contributed by atoms with van der Waals surface area (Å²) in [7, 11) is 1.99. The number of ether oxygens (including phenoxy) is 1. The van der Waals surface area contributed by atoms with Gasteiger partial charge in [-0.25, -0.2) is 0 Å². The van der Waals surface area contributed by atoms with Crippen molar-refractivity contribution in [2.45, 2.75) is 58.6 Å². The molecule has 0 spiro atoms. The lowest BCUT2D eigenvalue weighted by Crippen LogP contribution is -2.26. The van der Waals surface area contributed by atoms with E-state index >= 15 is 0 Å². The van der Waals surface area contributed by atoms with Gasteiger partial charge in [0.15, 0.2) is 0 Å². The van der Waals surface area contributed by atoms with Gasteiger partial charge in [0.2, 0.25) is 0 Å². The monoisotopic (exact) mass is 261 g/mol. The van der Waals surface area contributed by atoms with Crippen LogP contribution in [0.1, 0.15) is 50.2 Å². The van der Waals surface area contributed by atoms with Gasteiger partial charge < -0.3 is 10.1 Å². The fourth-order valence-electron chi connectivity index (χ4n) is 3.10. The van der Waals surface area contributed by atoms with Crippen molar-refractivity contribution < 1.29 is 4.74 Å². The van der Waals surface area contributed by atoms with Crippen LogP contribution < -0.4 is 10.1 Å². The van der Waals surface area contributed by atoms with E-state index in [0.717, 1.165) is 18.2 Å².